The first-order chi connectivity index (χ1) is 13.7. The van der Waals surface area contributed by atoms with Gasteiger partial charge in [-0.3, -0.25) is 0 Å². The van der Waals surface area contributed by atoms with Crippen molar-refractivity contribution in [2.75, 3.05) is 13.2 Å². The van der Waals surface area contributed by atoms with Gasteiger partial charge in [-0.1, -0.05) is 51.7 Å². The van der Waals surface area contributed by atoms with Crippen LogP contribution in [0.1, 0.15) is 95.1 Å². The van der Waals surface area contributed by atoms with E-state index >= 15 is 0 Å². The Morgan fingerprint density at radius 3 is 2.29 bits per heavy atom. The molecule has 2 fully saturated rings. The number of aryl methyl sites for hydroxylation is 1. The standard InChI is InChI=1S/C25H39FO2/c1-3-5-7-9-20-17-27-25(28-18-20)22-13-11-21(12-14-22)23-15-10-19(8-6-4-2)16-24(23)26/h10,15-16,20-22,25H,3-9,11-14,17-18H2,1-2H3/t20?,21-,22-,25?. The summed E-state index contributed by atoms with van der Waals surface area (Å²) in [5.74, 6) is 1.39. The lowest BCUT2D eigenvalue weighted by Gasteiger charge is -2.37. The first kappa shape index (κ1) is 21.8. The molecule has 0 radical (unpaired) electrons. The highest BCUT2D eigenvalue weighted by Gasteiger charge is 2.33. The van der Waals surface area contributed by atoms with Crippen molar-refractivity contribution in [1.29, 1.82) is 0 Å². The summed E-state index contributed by atoms with van der Waals surface area (Å²) in [6, 6.07) is 5.94. The summed E-state index contributed by atoms with van der Waals surface area (Å²) in [6.45, 7) is 6.12. The van der Waals surface area contributed by atoms with Gasteiger partial charge in [0.05, 0.1) is 13.2 Å². The Labute approximate surface area is 171 Å². The zero-order valence-corrected chi connectivity index (χ0v) is 17.9. The van der Waals surface area contributed by atoms with Crippen LogP contribution in [0.15, 0.2) is 18.2 Å². The number of halogens is 1. The molecule has 1 aromatic carbocycles. The Kier molecular flexibility index (Phi) is 8.79. The van der Waals surface area contributed by atoms with Crippen LogP contribution < -0.4 is 0 Å². The molecule has 0 bridgehead atoms. The molecule has 0 unspecified atom stereocenters. The van der Waals surface area contributed by atoms with E-state index in [2.05, 4.69) is 19.9 Å². The van der Waals surface area contributed by atoms with E-state index in [1.165, 1.54) is 25.7 Å². The lowest BCUT2D eigenvalue weighted by molar-refractivity contribution is -0.229. The highest BCUT2D eigenvalue weighted by Crippen LogP contribution is 2.40. The van der Waals surface area contributed by atoms with E-state index in [4.69, 9.17) is 9.47 Å². The first-order valence-electron chi connectivity index (χ1n) is 11.7. The second-order valence-corrected chi connectivity index (χ2v) is 8.97. The summed E-state index contributed by atoms with van der Waals surface area (Å²) < 4.78 is 26.8. The van der Waals surface area contributed by atoms with E-state index in [0.29, 0.717) is 17.8 Å². The van der Waals surface area contributed by atoms with Crippen LogP contribution in [0.5, 0.6) is 0 Å². The van der Waals surface area contributed by atoms with E-state index in [1.807, 2.05) is 6.07 Å². The van der Waals surface area contributed by atoms with E-state index in [0.717, 1.165) is 69.3 Å². The minimum absolute atomic E-state index is 0.00265. The van der Waals surface area contributed by atoms with Crippen LogP contribution in [0.3, 0.4) is 0 Å². The zero-order valence-electron chi connectivity index (χ0n) is 17.9. The third-order valence-electron chi connectivity index (χ3n) is 6.69. The second kappa shape index (κ2) is 11.3. The van der Waals surface area contributed by atoms with Crippen molar-refractivity contribution in [3.05, 3.63) is 35.1 Å². The van der Waals surface area contributed by atoms with Crippen molar-refractivity contribution in [2.24, 2.45) is 11.8 Å². The molecule has 0 spiro atoms. The fourth-order valence-corrected chi connectivity index (χ4v) is 4.82. The average molecular weight is 391 g/mol. The van der Waals surface area contributed by atoms with E-state index < -0.39 is 0 Å². The topological polar surface area (TPSA) is 18.5 Å². The summed E-state index contributed by atoms with van der Waals surface area (Å²) in [5.41, 5.74) is 2.05. The van der Waals surface area contributed by atoms with Gasteiger partial charge in [0.25, 0.3) is 0 Å². The molecule has 1 aromatic rings. The Morgan fingerprint density at radius 2 is 1.64 bits per heavy atom. The normalized spacial score (nSPS) is 28.4. The third kappa shape index (κ3) is 6.03. The van der Waals surface area contributed by atoms with Gasteiger partial charge in [0.2, 0.25) is 0 Å². The van der Waals surface area contributed by atoms with Crippen molar-refractivity contribution in [2.45, 2.75) is 96.7 Å². The molecule has 0 N–H and O–H groups in total. The number of hydrogen-bond donors (Lipinski definition) is 0. The lowest BCUT2D eigenvalue weighted by Crippen LogP contribution is -2.38. The van der Waals surface area contributed by atoms with Crippen molar-refractivity contribution < 1.29 is 13.9 Å². The smallest absolute Gasteiger partial charge is 0.160 e. The fourth-order valence-electron chi connectivity index (χ4n) is 4.82. The maximum atomic E-state index is 14.6. The molecule has 0 atom stereocenters. The van der Waals surface area contributed by atoms with Crippen molar-refractivity contribution >= 4 is 0 Å². The summed E-state index contributed by atoms with van der Waals surface area (Å²) in [7, 11) is 0. The summed E-state index contributed by atoms with van der Waals surface area (Å²) in [5, 5.41) is 0. The van der Waals surface area contributed by atoms with Crippen LogP contribution in [0.2, 0.25) is 0 Å². The van der Waals surface area contributed by atoms with Gasteiger partial charge in [-0.2, -0.15) is 0 Å². The Bertz CT molecular complexity index is 572. The molecule has 1 saturated heterocycles. The first-order valence-corrected chi connectivity index (χ1v) is 11.7. The minimum Gasteiger partial charge on any atom is -0.352 e. The molecule has 28 heavy (non-hydrogen) atoms. The summed E-state index contributed by atoms with van der Waals surface area (Å²) in [6.07, 6.45) is 12.5. The third-order valence-corrected chi connectivity index (χ3v) is 6.69. The number of unbranched alkanes of at least 4 members (excludes halogenated alkanes) is 3. The molecule has 1 aliphatic heterocycles. The monoisotopic (exact) mass is 390 g/mol. The quantitative estimate of drug-likeness (QED) is 0.422. The van der Waals surface area contributed by atoms with Crippen molar-refractivity contribution in [3.63, 3.8) is 0 Å². The Morgan fingerprint density at radius 1 is 0.929 bits per heavy atom. The number of rotatable bonds is 9. The molecule has 2 nitrogen and oxygen atoms in total. The van der Waals surface area contributed by atoms with Gasteiger partial charge in [0.1, 0.15) is 5.82 Å². The predicted molar refractivity (Wildman–Crippen MR) is 113 cm³/mol. The highest BCUT2D eigenvalue weighted by atomic mass is 19.1. The second-order valence-electron chi connectivity index (χ2n) is 8.97. The van der Waals surface area contributed by atoms with Crippen LogP contribution in [-0.2, 0) is 15.9 Å². The van der Waals surface area contributed by atoms with Crippen molar-refractivity contribution in [1.82, 2.24) is 0 Å². The molecule has 2 aliphatic rings. The van der Waals surface area contributed by atoms with E-state index in [9.17, 15) is 4.39 Å². The van der Waals surface area contributed by atoms with Gasteiger partial charge in [-0.05, 0) is 68.1 Å². The van der Waals surface area contributed by atoms with Gasteiger partial charge in [0.15, 0.2) is 6.29 Å². The maximum Gasteiger partial charge on any atom is 0.160 e. The van der Waals surface area contributed by atoms with Gasteiger partial charge in [0, 0.05) is 11.8 Å². The van der Waals surface area contributed by atoms with E-state index in [-0.39, 0.29) is 12.1 Å². The lowest BCUT2D eigenvalue weighted by atomic mass is 9.78. The number of hydrogen-bond acceptors (Lipinski definition) is 2. The molecule has 1 aliphatic carbocycles. The predicted octanol–water partition coefficient (Wildman–Crippen LogP) is 7.01. The molecule has 158 valence electrons. The van der Waals surface area contributed by atoms with Gasteiger partial charge in [-0.25, -0.2) is 4.39 Å². The molecule has 0 amide bonds. The summed E-state index contributed by atoms with van der Waals surface area (Å²) in [4.78, 5) is 0. The molecule has 0 aromatic heterocycles. The molecule has 1 heterocycles. The number of benzene rings is 1. The molecular formula is C25H39FO2. The van der Waals surface area contributed by atoms with Crippen LogP contribution in [-0.4, -0.2) is 19.5 Å². The maximum absolute atomic E-state index is 14.6. The summed E-state index contributed by atoms with van der Waals surface area (Å²) >= 11 is 0. The zero-order chi connectivity index (χ0) is 19.8. The molecule has 3 rings (SSSR count). The van der Waals surface area contributed by atoms with Crippen LogP contribution in [0.4, 0.5) is 4.39 Å². The largest absolute Gasteiger partial charge is 0.352 e. The van der Waals surface area contributed by atoms with Crippen LogP contribution in [0.25, 0.3) is 0 Å². The highest BCUT2D eigenvalue weighted by molar-refractivity contribution is 5.27. The Balaban J connectivity index is 1.44. The van der Waals surface area contributed by atoms with Crippen LogP contribution >= 0.6 is 0 Å². The van der Waals surface area contributed by atoms with Gasteiger partial charge >= 0.3 is 0 Å². The van der Waals surface area contributed by atoms with Gasteiger partial charge < -0.3 is 9.47 Å². The SMILES string of the molecule is CCCCCC1COC([C@H]2CC[C@H](c3ccc(CCCC)cc3F)CC2)OC1. The molecular weight excluding hydrogens is 351 g/mol. The average Bonchev–Trinajstić information content (AvgIpc) is 2.73. The van der Waals surface area contributed by atoms with Crippen molar-refractivity contribution in [3.8, 4) is 0 Å². The van der Waals surface area contributed by atoms with Gasteiger partial charge in [-0.15, -0.1) is 0 Å². The van der Waals surface area contributed by atoms with Crippen LogP contribution in [0, 0.1) is 17.7 Å². The number of ether oxygens (including phenoxy) is 2. The van der Waals surface area contributed by atoms with E-state index in [1.54, 1.807) is 6.07 Å². The molecule has 3 heteroatoms. The minimum atomic E-state index is -0.0374. The fraction of sp³-hybridized carbons (Fsp3) is 0.760. The molecule has 1 saturated carbocycles. The Hall–Kier alpha value is -0.930.